The monoisotopic (exact) mass is 447 g/mol. The number of nitrogens with one attached hydrogen (secondary N) is 1. The average Bonchev–Trinajstić information content (AvgIpc) is 3.40. The van der Waals surface area contributed by atoms with Gasteiger partial charge in [-0.2, -0.15) is 5.10 Å². The van der Waals surface area contributed by atoms with Crippen molar-refractivity contribution in [1.29, 1.82) is 0 Å². The Morgan fingerprint density at radius 1 is 1.19 bits per heavy atom. The number of hydrogen-bond donors (Lipinski definition) is 1. The quantitative estimate of drug-likeness (QED) is 0.470. The normalized spacial score (nSPS) is 15.0. The Morgan fingerprint density at radius 2 is 1.94 bits per heavy atom. The molecule has 3 heterocycles. The molecule has 1 aliphatic rings. The Hall–Kier alpha value is -3.59. The second-order valence-electron chi connectivity index (χ2n) is 7.64. The van der Waals surface area contributed by atoms with Crippen molar-refractivity contribution in [3.63, 3.8) is 0 Å². The van der Waals surface area contributed by atoms with Crippen LogP contribution in [0.1, 0.15) is 18.0 Å². The van der Waals surface area contributed by atoms with Crippen LogP contribution < -0.4 is 15.6 Å². The Kier molecular flexibility index (Phi) is 5.18. The summed E-state index contributed by atoms with van der Waals surface area (Å²) in [5, 5.41) is 8.33. The molecule has 1 aliphatic heterocycles. The lowest BCUT2D eigenvalue weighted by Crippen LogP contribution is -2.27. The molecule has 162 valence electrons. The number of rotatable bonds is 5. The van der Waals surface area contributed by atoms with Crippen LogP contribution >= 0.6 is 11.8 Å². The number of benzene rings is 2. The Labute approximate surface area is 188 Å². The second-order valence-corrected chi connectivity index (χ2v) is 8.63. The number of carbonyl (C=O) groups excluding carboxylic acids is 1. The number of nitrogens with zero attached hydrogens (tertiary/aromatic N) is 4. The number of aryl methyl sites for hydroxylation is 1. The third-order valence-electron chi connectivity index (χ3n) is 5.44. The van der Waals surface area contributed by atoms with E-state index in [0.29, 0.717) is 27.6 Å². The van der Waals surface area contributed by atoms with Gasteiger partial charge >= 0.3 is 0 Å². The van der Waals surface area contributed by atoms with Gasteiger partial charge in [-0.05, 0) is 43.3 Å². The molecule has 32 heavy (non-hydrogen) atoms. The topological polar surface area (TPSA) is 91.0 Å². The molecule has 0 fully saturated rings. The standard InChI is InChI=1S/C23H21N5O3S/c1-14-3-7-16(8-4-14)28-21-19(12-24-28)22(30)27-17(13-32-23(27)26-21)11-20(29)25-15-5-9-18(31-2)10-6-15/h3-10,12,17H,11,13H2,1-2H3,(H,25,29). The molecule has 5 rings (SSSR count). The van der Waals surface area contributed by atoms with E-state index in [2.05, 4.69) is 10.4 Å². The predicted molar refractivity (Wildman–Crippen MR) is 124 cm³/mol. The number of methoxy groups -OCH3 is 1. The van der Waals surface area contributed by atoms with Gasteiger partial charge < -0.3 is 10.1 Å². The summed E-state index contributed by atoms with van der Waals surface area (Å²) in [5.41, 5.74) is 3.03. The number of ether oxygens (including phenoxy) is 1. The number of thioether (sulfide) groups is 1. The highest BCUT2D eigenvalue weighted by molar-refractivity contribution is 7.99. The fourth-order valence-electron chi connectivity index (χ4n) is 3.76. The number of aromatic nitrogens is 4. The van der Waals surface area contributed by atoms with E-state index in [4.69, 9.17) is 9.72 Å². The van der Waals surface area contributed by atoms with Crippen LogP contribution in [0.5, 0.6) is 5.75 Å². The van der Waals surface area contributed by atoms with Crippen molar-refractivity contribution in [2.24, 2.45) is 0 Å². The highest BCUT2D eigenvalue weighted by atomic mass is 32.2. The summed E-state index contributed by atoms with van der Waals surface area (Å²) in [6, 6.07) is 14.8. The van der Waals surface area contributed by atoms with E-state index in [1.165, 1.54) is 11.8 Å². The number of amides is 1. The Balaban J connectivity index is 1.41. The summed E-state index contributed by atoms with van der Waals surface area (Å²) < 4.78 is 8.45. The molecule has 9 heteroatoms. The van der Waals surface area contributed by atoms with Crippen molar-refractivity contribution in [2.75, 3.05) is 18.2 Å². The first-order valence-electron chi connectivity index (χ1n) is 10.2. The zero-order chi connectivity index (χ0) is 22.2. The van der Waals surface area contributed by atoms with Gasteiger partial charge in [0, 0.05) is 17.9 Å². The van der Waals surface area contributed by atoms with Crippen molar-refractivity contribution >= 4 is 34.4 Å². The molecule has 0 bridgehead atoms. The fourth-order valence-corrected chi connectivity index (χ4v) is 4.89. The van der Waals surface area contributed by atoms with Gasteiger partial charge in [0.05, 0.1) is 25.0 Å². The molecule has 2 aromatic carbocycles. The van der Waals surface area contributed by atoms with Crippen LogP contribution in [0.2, 0.25) is 0 Å². The van der Waals surface area contributed by atoms with E-state index in [9.17, 15) is 9.59 Å². The highest BCUT2D eigenvalue weighted by Gasteiger charge is 2.29. The molecule has 4 aromatic rings. The van der Waals surface area contributed by atoms with Crippen molar-refractivity contribution in [3.8, 4) is 11.4 Å². The molecule has 0 aliphatic carbocycles. The number of hydrogen-bond acceptors (Lipinski definition) is 6. The molecule has 0 saturated heterocycles. The lowest BCUT2D eigenvalue weighted by molar-refractivity contribution is -0.116. The fraction of sp³-hybridized carbons (Fsp3) is 0.217. The SMILES string of the molecule is COc1ccc(NC(=O)CC2CSc3nc4c(cnn4-c4ccc(C)cc4)c(=O)n32)cc1. The summed E-state index contributed by atoms with van der Waals surface area (Å²) >= 11 is 1.48. The highest BCUT2D eigenvalue weighted by Crippen LogP contribution is 2.33. The van der Waals surface area contributed by atoms with Crippen molar-refractivity contribution < 1.29 is 9.53 Å². The maximum Gasteiger partial charge on any atom is 0.265 e. The molecular weight excluding hydrogens is 426 g/mol. The molecule has 8 nitrogen and oxygen atoms in total. The summed E-state index contributed by atoms with van der Waals surface area (Å²) in [6.07, 6.45) is 1.74. The number of carbonyl (C=O) groups is 1. The van der Waals surface area contributed by atoms with Gasteiger partial charge in [-0.3, -0.25) is 14.2 Å². The van der Waals surface area contributed by atoms with Gasteiger partial charge in [-0.25, -0.2) is 9.67 Å². The third kappa shape index (κ3) is 3.64. The Bertz CT molecular complexity index is 1360. The molecular formula is C23H21N5O3S. The van der Waals surface area contributed by atoms with Crippen LogP contribution in [0.3, 0.4) is 0 Å². The van der Waals surface area contributed by atoms with Gasteiger partial charge in [0.15, 0.2) is 10.8 Å². The maximum atomic E-state index is 13.3. The molecule has 2 aromatic heterocycles. The van der Waals surface area contributed by atoms with Crippen LogP contribution in [-0.2, 0) is 4.79 Å². The molecule has 0 saturated carbocycles. The average molecular weight is 448 g/mol. The van der Waals surface area contributed by atoms with Crippen LogP contribution in [0.15, 0.2) is 64.7 Å². The summed E-state index contributed by atoms with van der Waals surface area (Å²) in [4.78, 5) is 30.6. The molecule has 0 spiro atoms. The van der Waals surface area contributed by atoms with Crippen LogP contribution in [0, 0.1) is 6.92 Å². The van der Waals surface area contributed by atoms with E-state index in [-0.39, 0.29) is 23.9 Å². The molecule has 1 unspecified atom stereocenters. The zero-order valence-corrected chi connectivity index (χ0v) is 18.4. The molecule has 1 N–H and O–H groups in total. The molecule has 0 radical (unpaired) electrons. The first-order chi connectivity index (χ1) is 15.5. The zero-order valence-electron chi connectivity index (χ0n) is 17.6. The molecule has 1 amide bonds. The van der Waals surface area contributed by atoms with Crippen molar-refractivity contribution in [1.82, 2.24) is 19.3 Å². The first kappa shape index (κ1) is 20.3. The summed E-state index contributed by atoms with van der Waals surface area (Å²) in [6.45, 7) is 2.02. The minimum absolute atomic E-state index is 0.157. The number of fused-ring (bicyclic) bond motifs is 2. The first-order valence-corrected chi connectivity index (χ1v) is 11.2. The van der Waals surface area contributed by atoms with E-state index < -0.39 is 0 Å². The van der Waals surface area contributed by atoms with Gasteiger partial charge in [0.1, 0.15) is 11.1 Å². The van der Waals surface area contributed by atoms with E-state index in [1.54, 1.807) is 46.8 Å². The van der Waals surface area contributed by atoms with Gasteiger partial charge in [-0.15, -0.1) is 0 Å². The number of anilines is 1. The summed E-state index contributed by atoms with van der Waals surface area (Å²) in [5.74, 6) is 1.18. The Morgan fingerprint density at radius 3 is 2.66 bits per heavy atom. The smallest absolute Gasteiger partial charge is 0.265 e. The maximum absolute atomic E-state index is 13.3. The minimum Gasteiger partial charge on any atom is -0.497 e. The lowest BCUT2D eigenvalue weighted by atomic mass is 10.2. The second kappa shape index (κ2) is 8.16. The minimum atomic E-state index is -0.264. The lowest BCUT2D eigenvalue weighted by Gasteiger charge is -2.13. The third-order valence-corrected chi connectivity index (χ3v) is 6.54. The van der Waals surface area contributed by atoms with Crippen LogP contribution in [0.4, 0.5) is 5.69 Å². The van der Waals surface area contributed by atoms with Gasteiger partial charge in [0.2, 0.25) is 5.91 Å². The van der Waals surface area contributed by atoms with Gasteiger partial charge in [0.25, 0.3) is 5.56 Å². The van der Waals surface area contributed by atoms with E-state index >= 15 is 0 Å². The predicted octanol–water partition coefficient (Wildman–Crippen LogP) is 3.57. The van der Waals surface area contributed by atoms with Crippen LogP contribution in [-0.4, -0.2) is 38.1 Å². The summed E-state index contributed by atoms with van der Waals surface area (Å²) in [7, 11) is 1.59. The van der Waals surface area contributed by atoms with E-state index in [0.717, 1.165) is 17.0 Å². The molecule has 1 atom stereocenters. The largest absolute Gasteiger partial charge is 0.497 e. The van der Waals surface area contributed by atoms with Gasteiger partial charge in [-0.1, -0.05) is 29.5 Å². The van der Waals surface area contributed by atoms with Crippen molar-refractivity contribution in [3.05, 3.63) is 70.6 Å². The van der Waals surface area contributed by atoms with E-state index in [1.807, 2.05) is 31.2 Å². The van der Waals surface area contributed by atoms with Crippen molar-refractivity contribution in [2.45, 2.75) is 24.5 Å². The van der Waals surface area contributed by atoms with Crippen LogP contribution in [0.25, 0.3) is 16.7 Å².